The smallest absolute Gasteiger partial charge is 0.331 e. The molecule has 3 rings (SSSR count). The quantitative estimate of drug-likeness (QED) is 0.750. The standard InChI is InChI=1S/C21H29N5O4/c1-4-24-14-18(19(27)26(5-2)21(24)29)25-11-7-9-16(13-25)23-20(28)22-15-8-6-10-17(12-15)30-3/h6,8,10,12,14,16H,4-5,7,9,11,13H2,1-3H3,(H2,22,23,28). The fraction of sp³-hybridized carbons (Fsp3) is 0.476. The molecule has 30 heavy (non-hydrogen) atoms. The topological polar surface area (TPSA) is 97.6 Å². The highest BCUT2D eigenvalue weighted by molar-refractivity contribution is 5.89. The van der Waals surface area contributed by atoms with Crippen LogP contribution in [0.4, 0.5) is 16.2 Å². The van der Waals surface area contributed by atoms with Gasteiger partial charge in [0.05, 0.1) is 7.11 Å². The molecule has 2 N–H and O–H groups in total. The van der Waals surface area contributed by atoms with E-state index in [2.05, 4.69) is 10.6 Å². The van der Waals surface area contributed by atoms with E-state index >= 15 is 0 Å². The van der Waals surface area contributed by atoms with Crippen molar-refractivity contribution in [3.63, 3.8) is 0 Å². The number of nitrogens with one attached hydrogen (secondary N) is 2. The van der Waals surface area contributed by atoms with Crippen LogP contribution in [0, 0.1) is 0 Å². The van der Waals surface area contributed by atoms with E-state index in [-0.39, 0.29) is 23.3 Å². The lowest BCUT2D eigenvalue weighted by atomic mass is 10.1. The molecule has 1 aliphatic heterocycles. The van der Waals surface area contributed by atoms with Gasteiger partial charge in [-0.15, -0.1) is 0 Å². The first-order valence-corrected chi connectivity index (χ1v) is 10.3. The molecule has 1 aromatic heterocycles. The molecule has 0 radical (unpaired) electrons. The molecule has 2 heterocycles. The van der Waals surface area contributed by atoms with Gasteiger partial charge in [-0.25, -0.2) is 9.59 Å². The molecule has 0 bridgehead atoms. The largest absolute Gasteiger partial charge is 0.497 e. The van der Waals surface area contributed by atoms with E-state index in [9.17, 15) is 14.4 Å². The number of hydrogen-bond donors (Lipinski definition) is 2. The molecule has 9 heteroatoms. The number of amides is 2. The van der Waals surface area contributed by atoms with Crippen LogP contribution in [-0.2, 0) is 13.1 Å². The molecular weight excluding hydrogens is 386 g/mol. The van der Waals surface area contributed by atoms with Crippen molar-refractivity contribution in [2.45, 2.75) is 45.8 Å². The Bertz CT molecular complexity index is 1010. The van der Waals surface area contributed by atoms with Crippen LogP contribution in [0.25, 0.3) is 0 Å². The van der Waals surface area contributed by atoms with Gasteiger partial charge in [-0.1, -0.05) is 6.07 Å². The summed E-state index contributed by atoms with van der Waals surface area (Å²) < 4.78 is 7.98. The highest BCUT2D eigenvalue weighted by atomic mass is 16.5. The molecule has 0 saturated carbocycles. The van der Waals surface area contributed by atoms with E-state index in [1.165, 1.54) is 4.57 Å². The summed E-state index contributed by atoms with van der Waals surface area (Å²) in [5.74, 6) is 0.662. The zero-order chi connectivity index (χ0) is 21.7. The van der Waals surface area contributed by atoms with E-state index in [0.717, 1.165) is 12.8 Å². The Morgan fingerprint density at radius 2 is 2.03 bits per heavy atom. The van der Waals surface area contributed by atoms with Crippen LogP contribution in [0.3, 0.4) is 0 Å². The Balaban J connectivity index is 1.72. The van der Waals surface area contributed by atoms with Crippen molar-refractivity contribution >= 4 is 17.4 Å². The predicted octanol–water partition coefficient (Wildman–Crippen LogP) is 1.85. The first-order chi connectivity index (χ1) is 14.5. The Hall–Kier alpha value is -3.23. The molecule has 1 atom stereocenters. The van der Waals surface area contributed by atoms with Crippen LogP contribution in [-0.4, -0.2) is 41.4 Å². The first kappa shape index (κ1) is 21.5. The number of hydrogen-bond acceptors (Lipinski definition) is 5. The monoisotopic (exact) mass is 415 g/mol. The highest BCUT2D eigenvalue weighted by Gasteiger charge is 2.25. The maximum atomic E-state index is 12.8. The number of piperidine rings is 1. The molecule has 1 aliphatic rings. The van der Waals surface area contributed by atoms with Gasteiger partial charge in [0, 0.05) is 50.2 Å². The van der Waals surface area contributed by atoms with Gasteiger partial charge in [0.2, 0.25) is 0 Å². The summed E-state index contributed by atoms with van der Waals surface area (Å²) in [7, 11) is 1.57. The predicted molar refractivity (Wildman–Crippen MR) is 117 cm³/mol. The van der Waals surface area contributed by atoms with Crippen molar-refractivity contribution in [1.82, 2.24) is 14.5 Å². The second-order valence-corrected chi connectivity index (χ2v) is 7.25. The number of carbonyl (C=O) groups excluding carboxylic acids is 1. The van der Waals surface area contributed by atoms with Gasteiger partial charge in [-0.3, -0.25) is 13.9 Å². The summed E-state index contributed by atoms with van der Waals surface area (Å²) in [6.45, 7) is 5.69. The van der Waals surface area contributed by atoms with Crippen molar-refractivity contribution < 1.29 is 9.53 Å². The first-order valence-electron chi connectivity index (χ1n) is 10.3. The van der Waals surface area contributed by atoms with E-state index in [1.54, 1.807) is 49.1 Å². The number of rotatable bonds is 6. The number of anilines is 2. The molecule has 0 aliphatic carbocycles. The number of aromatic nitrogens is 2. The van der Waals surface area contributed by atoms with Crippen molar-refractivity contribution in [2.75, 3.05) is 30.4 Å². The lowest BCUT2D eigenvalue weighted by Crippen LogP contribution is -2.51. The minimum absolute atomic E-state index is 0.110. The number of carbonyl (C=O) groups is 1. The molecule has 1 saturated heterocycles. The fourth-order valence-corrected chi connectivity index (χ4v) is 3.73. The van der Waals surface area contributed by atoms with E-state index in [4.69, 9.17) is 4.74 Å². The zero-order valence-electron chi connectivity index (χ0n) is 17.7. The number of ether oxygens (including phenoxy) is 1. The van der Waals surface area contributed by atoms with Crippen LogP contribution < -0.4 is 31.5 Å². The third kappa shape index (κ3) is 4.67. The maximum absolute atomic E-state index is 12.8. The number of urea groups is 1. The van der Waals surface area contributed by atoms with Gasteiger partial charge < -0.3 is 20.3 Å². The summed E-state index contributed by atoms with van der Waals surface area (Å²) in [4.78, 5) is 39.6. The van der Waals surface area contributed by atoms with Gasteiger partial charge in [0.25, 0.3) is 5.56 Å². The van der Waals surface area contributed by atoms with Crippen LogP contribution in [0.2, 0.25) is 0 Å². The molecule has 1 unspecified atom stereocenters. The summed E-state index contributed by atoms with van der Waals surface area (Å²) >= 11 is 0. The second-order valence-electron chi connectivity index (χ2n) is 7.25. The molecule has 0 spiro atoms. The number of methoxy groups -OCH3 is 1. The third-order valence-corrected chi connectivity index (χ3v) is 5.30. The minimum atomic E-state index is -0.306. The molecular formula is C21H29N5O4. The molecule has 2 aromatic rings. The van der Waals surface area contributed by atoms with Gasteiger partial charge in [0.15, 0.2) is 0 Å². The summed E-state index contributed by atoms with van der Waals surface area (Å²) in [5.41, 5.74) is 0.560. The molecule has 1 fully saturated rings. The summed E-state index contributed by atoms with van der Waals surface area (Å²) in [6.07, 6.45) is 3.29. The average molecular weight is 415 g/mol. The zero-order valence-corrected chi connectivity index (χ0v) is 17.7. The van der Waals surface area contributed by atoms with E-state index in [0.29, 0.717) is 43.3 Å². The van der Waals surface area contributed by atoms with Gasteiger partial charge in [-0.05, 0) is 38.8 Å². The third-order valence-electron chi connectivity index (χ3n) is 5.30. The normalized spacial score (nSPS) is 16.2. The molecule has 1 aromatic carbocycles. The van der Waals surface area contributed by atoms with Crippen LogP contribution in [0.15, 0.2) is 40.1 Å². The van der Waals surface area contributed by atoms with Crippen molar-refractivity contribution in [3.8, 4) is 5.75 Å². The van der Waals surface area contributed by atoms with Crippen molar-refractivity contribution in [3.05, 3.63) is 51.3 Å². The Labute approximate surface area is 175 Å². The summed E-state index contributed by atoms with van der Waals surface area (Å²) in [6, 6.07) is 6.73. The lowest BCUT2D eigenvalue weighted by molar-refractivity contribution is 0.246. The molecule has 162 valence electrons. The number of aryl methyl sites for hydroxylation is 1. The fourth-order valence-electron chi connectivity index (χ4n) is 3.73. The SMILES string of the molecule is CCn1cc(N2CCCC(NC(=O)Nc3cccc(OC)c3)C2)c(=O)n(CC)c1=O. The Kier molecular flexibility index (Phi) is 6.81. The average Bonchev–Trinajstić information content (AvgIpc) is 2.74. The van der Waals surface area contributed by atoms with Crippen molar-refractivity contribution in [2.24, 2.45) is 0 Å². The van der Waals surface area contributed by atoms with Gasteiger partial charge in [0.1, 0.15) is 11.4 Å². The second kappa shape index (κ2) is 9.51. The van der Waals surface area contributed by atoms with Gasteiger partial charge >= 0.3 is 11.7 Å². The lowest BCUT2D eigenvalue weighted by Gasteiger charge is -2.34. The van der Waals surface area contributed by atoms with Gasteiger partial charge in [-0.2, -0.15) is 0 Å². The van der Waals surface area contributed by atoms with Crippen LogP contribution in [0.1, 0.15) is 26.7 Å². The number of nitrogens with zero attached hydrogens (tertiary/aromatic N) is 3. The Morgan fingerprint density at radius 1 is 1.23 bits per heavy atom. The van der Waals surface area contributed by atoms with E-state index < -0.39 is 0 Å². The van der Waals surface area contributed by atoms with Crippen molar-refractivity contribution in [1.29, 1.82) is 0 Å². The van der Waals surface area contributed by atoms with Crippen LogP contribution >= 0.6 is 0 Å². The maximum Gasteiger partial charge on any atom is 0.331 e. The number of benzene rings is 1. The highest BCUT2D eigenvalue weighted by Crippen LogP contribution is 2.18. The minimum Gasteiger partial charge on any atom is -0.497 e. The van der Waals surface area contributed by atoms with Crippen LogP contribution in [0.5, 0.6) is 5.75 Å². The molecule has 9 nitrogen and oxygen atoms in total. The molecule has 2 amide bonds. The summed E-state index contributed by atoms with van der Waals surface area (Å²) in [5, 5.41) is 5.80. The van der Waals surface area contributed by atoms with E-state index in [1.807, 2.05) is 11.8 Å². The Morgan fingerprint density at radius 3 is 2.73 bits per heavy atom.